The molecule has 1 aromatic heterocycles. The van der Waals surface area contributed by atoms with E-state index >= 15 is 0 Å². The summed E-state index contributed by atoms with van der Waals surface area (Å²) in [5.41, 5.74) is 4.49. The van der Waals surface area contributed by atoms with Crippen LogP contribution in [0, 0.1) is 6.92 Å². The summed E-state index contributed by atoms with van der Waals surface area (Å²) >= 11 is 3.07. The van der Waals surface area contributed by atoms with Crippen LogP contribution in [-0.4, -0.2) is 65.6 Å². The van der Waals surface area contributed by atoms with Crippen molar-refractivity contribution >= 4 is 47.7 Å². The summed E-state index contributed by atoms with van der Waals surface area (Å²) < 4.78 is 12.5. The summed E-state index contributed by atoms with van der Waals surface area (Å²) in [5, 5.41) is 22.4. The Kier molecular flexibility index (Phi) is 8.67. The van der Waals surface area contributed by atoms with Gasteiger partial charge in [0.15, 0.2) is 0 Å². The molecule has 222 valence electrons. The smallest absolute Gasteiger partial charge is 0.488 e. The van der Waals surface area contributed by atoms with Gasteiger partial charge in [-0.1, -0.05) is 24.3 Å². The molecule has 0 bridgehead atoms. The largest absolute Gasteiger partial charge is 0.492 e. The Hall–Kier alpha value is -2.99. The molecule has 42 heavy (non-hydrogen) atoms. The normalized spacial score (nSPS) is 15.7. The number of hydrogen-bond donors (Lipinski definition) is 3. The van der Waals surface area contributed by atoms with Crippen molar-refractivity contribution in [2.24, 2.45) is 0 Å². The number of fused-ring (bicyclic) bond motifs is 2. The SMILES string of the molecule is CSc1sc(C(=O)N2CCC3(CC2)COc2ccc(CNC(=O)OC(C)(C)C)cc23)cc1-c1cccc(B(O)O)c1C. The van der Waals surface area contributed by atoms with Crippen molar-refractivity contribution in [1.82, 2.24) is 10.2 Å². The average Bonchev–Trinajstić information content (AvgIpc) is 3.53. The summed E-state index contributed by atoms with van der Waals surface area (Å²) in [6.07, 6.45) is 3.12. The number of ether oxygens (including phenoxy) is 2. The van der Waals surface area contributed by atoms with Gasteiger partial charge < -0.3 is 29.7 Å². The number of thiophene rings is 1. The topological polar surface area (TPSA) is 108 Å². The molecule has 0 aliphatic carbocycles. The second kappa shape index (κ2) is 12.0. The fourth-order valence-corrected chi connectivity index (χ4v) is 7.62. The molecule has 1 saturated heterocycles. The molecule has 3 N–H and O–H groups in total. The van der Waals surface area contributed by atoms with E-state index in [1.807, 2.05) is 69.2 Å². The molecule has 0 radical (unpaired) electrons. The number of likely N-dealkylation sites (tertiary alicyclic amines) is 1. The van der Waals surface area contributed by atoms with Gasteiger partial charge in [0, 0.05) is 36.2 Å². The number of amides is 2. The maximum atomic E-state index is 13.7. The minimum absolute atomic E-state index is 0.0156. The van der Waals surface area contributed by atoms with Crippen LogP contribution in [-0.2, 0) is 16.7 Å². The van der Waals surface area contributed by atoms with Crippen molar-refractivity contribution in [3.05, 3.63) is 64.0 Å². The molecule has 0 unspecified atom stereocenters. The van der Waals surface area contributed by atoms with E-state index in [0.29, 0.717) is 36.6 Å². The highest BCUT2D eigenvalue weighted by atomic mass is 32.2. The van der Waals surface area contributed by atoms with Crippen molar-refractivity contribution < 1.29 is 29.1 Å². The second-order valence-corrected chi connectivity index (χ2v) is 14.1. The van der Waals surface area contributed by atoms with E-state index in [1.54, 1.807) is 17.8 Å². The lowest BCUT2D eigenvalue weighted by atomic mass is 9.74. The van der Waals surface area contributed by atoms with Crippen LogP contribution in [0.1, 0.15) is 60.0 Å². The molecular formula is C31H37BN2O6S2. The van der Waals surface area contributed by atoms with Crippen LogP contribution < -0.4 is 15.5 Å². The number of hydrogen-bond acceptors (Lipinski definition) is 8. The number of benzene rings is 2. The van der Waals surface area contributed by atoms with Crippen LogP contribution in [0.5, 0.6) is 5.75 Å². The quantitative estimate of drug-likeness (QED) is 0.275. The fraction of sp³-hybridized carbons (Fsp3) is 0.419. The lowest BCUT2D eigenvalue weighted by Gasteiger charge is -2.38. The third-order valence-corrected chi connectivity index (χ3v) is 10.3. The number of thioether (sulfide) groups is 1. The van der Waals surface area contributed by atoms with Gasteiger partial charge in [-0.2, -0.15) is 0 Å². The van der Waals surface area contributed by atoms with Crippen molar-refractivity contribution in [2.45, 2.75) is 62.3 Å². The molecule has 1 fully saturated rings. The van der Waals surface area contributed by atoms with Gasteiger partial charge in [0.25, 0.3) is 5.91 Å². The molecule has 3 heterocycles. The minimum atomic E-state index is -1.55. The lowest BCUT2D eigenvalue weighted by molar-refractivity contribution is 0.0523. The van der Waals surface area contributed by atoms with Gasteiger partial charge in [-0.05, 0) is 87.1 Å². The molecule has 0 atom stereocenters. The minimum Gasteiger partial charge on any atom is -0.492 e. The van der Waals surface area contributed by atoms with Crippen LogP contribution in [0.4, 0.5) is 4.79 Å². The van der Waals surface area contributed by atoms with Crippen molar-refractivity contribution in [1.29, 1.82) is 0 Å². The van der Waals surface area contributed by atoms with Crippen LogP contribution in [0.2, 0.25) is 0 Å². The van der Waals surface area contributed by atoms with Gasteiger partial charge in [-0.15, -0.1) is 23.1 Å². The molecule has 2 amide bonds. The first kappa shape index (κ1) is 30.5. The Balaban J connectivity index is 1.29. The zero-order chi connectivity index (χ0) is 30.2. The van der Waals surface area contributed by atoms with E-state index in [4.69, 9.17) is 9.47 Å². The van der Waals surface area contributed by atoms with Gasteiger partial charge >= 0.3 is 13.2 Å². The molecule has 2 aliphatic rings. The molecule has 2 aromatic carbocycles. The monoisotopic (exact) mass is 608 g/mol. The highest BCUT2D eigenvalue weighted by Crippen LogP contribution is 2.46. The molecule has 2 aliphatic heterocycles. The van der Waals surface area contributed by atoms with E-state index in [-0.39, 0.29) is 11.3 Å². The predicted octanol–water partition coefficient (Wildman–Crippen LogP) is 4.72. The van der Waals surface area contributed by atoms with Crippen molar-refractivity contribution in [3.63, 3.8) is 0 Å². The molecule has 8 nitrogen and oxygen atoms in total. The maximum Gasteiger partial charge on any atom is 0.488 e. The highest BCUT2D eigenvalue weighted by molar-refractivity contribution is 8.00. The van der Waals surface area contributed by atoms with Crippen LogP contribution >= 0.6 is 23.1 Å². The Labute approximate surface area is 255 Å². The first-order valence-electron chi connectivity index (χ1n) is 14.1. The zero-order valence-corrected chi connectivity index (χ0v) is 26.3. The molecule has 3 aromatic rings. The highest BCUT2D eigenvalue weighted by Gasteiger charge is 2.44. The van der Waals surface area contributed by atoms with Gasteiger partial charge in [0.05, 0.1) is 15.7 Å². The van der Waals surface area contributed by atoms with Crippen molar-refractivity contribution in [3.8, 4) is 16.9 Å². The van der Waals surface area contributed by atoms with Gasteiger partial charge in [0.1, 0.15) is 11.4 Å². The number of carbonyl (C=O) groups excluding carboxylic acids is 2. The van der Waals surface area contributed by atoms with E-state index in [1.165, 1.54) is 11.3 Å². The molecule has 11 heteroatoms. The second-order valence-electron chi connectivity index (χ2n) is 12.0. The van der Waals surface area contributed by atoms with E-state index in [2.05, 4.69) is 11.4 Å². The third-order valence-electron chi connectivity index (χ3n) is 8.00. The zero-order valence-electron chi connectivity index (χ0n) is 24.7. The Morgan fingerprint density at radius 3 is 2.55 bits per heavy atom. The summed E-state index contributed by atoms with van der Waals surface area (Å²) in [6.45, 7) is 9.57. The molecule has 0 saturated carbocycles. The fourth-order valence-electron chi connectivity index (χ4n) is 5.76. The van der Waals surface area contributed by atoms with Gasteiger partial charge in [-0.25, -0.2) is 4.79 Å². The first-order chi connectivity index (χ1) is 19.9. The van der Waals surface area contributed by atoms with E-state index in [0.717, 1.165) is 50.6 Å². The number of rotatable bonds is 6. The van der Waals surface area contributed by atoms with Gasteiger partial charge in [0.2, 0.25) is 0 Å². The standard InChI is InChI=1S/C31H37BN2O6S2/c1-19-21(7-6-8-24(19)32(37)38)22-16-26(42-28(22)41-5)27(35)34-13-11-31(12-14-34)18-39-25-10-9-20(15-23(25)31)17-33-29(36)40-30(2,3)4/h6-10,15-16,37-38H,11-14,17-18H2,1-5H3,(H,33,36). The Morgan fingerprint density at radius 1 is 1.14 bits per heavy atom. The molecular weight excluding hydrogens is 571 g/mol. The summed E-state index contributed by atoms with van der Waals surface area (Å²) in [5.74, 6) is 0.885. The summed E-state index contributed by atoms with van der Waals surface area (Å²) in [7, 11) is -1.55. The number of piperidine rings is 1. The number of nitrogens with zero attached hydrogens (tertiary/aromatic N) is 1. The lowest BCUT2D eigenvalue weighted by Crippen LogP contribution is -2.45. The van der Waals surface area contributed by atoms with Crippen LogP contribution in [0.3, 0.4) is 0 Å². The summed E-state index contributed by atoms with van der Waals surface area (Å²) in [6, 6.07) is 13.5. The Bertz CT molecular complexity index is 1490. The number of carbonyl (C=O) groups is 2. The third kappa shape index (κ3) is 6.20. The number of nitrogens with one attached hydrogen (secondary N) is 1. The average molecular weight is 609 g/mol. The molecule has 1 spiro atoms. The first-order valence-corrected chi connectivity index (χ1v) is 16.1. The molecule has 5 rings (SSSR count). The Morgan fingerprint density at radius 2 is 1.88 bits per heavy atom. The van der Waals surface area contributed by atoms with Crippen molar-refractivity contribution in [2.75, 3.05) is 26.0 Å². The van der Waals surface area contributed by atoms with Gasteiger partial charge in [-0.3, -0.25) is 4.79 Å². The van der Waals surface area contributed by atoms with E-state index in [9.17, 15) is 19.6 Å². The van der Waals surface area contributed by atoms with Crippen LogP contribution in [0.15, 0.2) is 46.7 Å². The predicted molar refractivity (Wildman–Crippen MR) is 168 cm³/mol. The van der Waals surface area contributed by atoms with E-state index < -0.39 is 18.8 Å². The summed E-state index contributed by atoms with van der Waals surface area (Å²) in [4.78, 5) is 28.4. The number of alkyl carbamates (subject to hydrolysis) is 1. The van der Waals surface area contributed by atoms with Crippen LogP contribution in [0.25, 0.3) is 11.1 Å². The maximum absolute atomic E-state index is 13.7.